The van der Waals surface area contributed by atoms with Gasteiger partial charge in [-0.2, -0.15) is 0 Å². The zero-order valence-corrected chi connectivity index (χ0v) is 6.29. The molecule has 1 rings (SSSR count). The third-order valence-electron chi connectivity index (χ3n) is 1.93. The average Bonchev–Trinajstić information content (AvgIpc) is 2.05. The molecule has 1 amide bonds. The maximum absolute atomic E-state index is 10.5. The number of piperidine rings is 1. The van der Waals surface area contributed by atoms with Crippen molar-refractivity contribution in [3.05, 3.63) is 0 Å². The maximum Gasteiger partial charge on any atom is 0.407 e. The molecule has 0 aromatic carbocycles. The predicted molar refractivity (Wildman–Crippen MR) is 41.2 cm³/mol. The van der Waals surface area contributed by atoms with E-state index in [1.165, 1.54) is 4.90 Å². The van der Waals surface area contributed by atoms with Gasteiger partial charge < -0.3 is 10.0 Å². The van der Waals surface area contributed by atoms with Crippen molar-refractivity contribution in [3.63, 3.8) is 0 Å². The predicted octanol–water partition coefficient (Wildman–Crippen LogP) is 1.01. The van der Waals surface area contributed by atoms with Crippen molar-refractivity contribution in [1.82, 2.24) is 4.90 Å². The summed E-state index contributed by atoms with van der Waals surface area (Å²) < 4.78 is 0. The van der Waals surface area contributed by atoms with E-state index < -0.39 is 6.09 Å². The summed E-state index contributed by atoms with van der Waals surface area (Å²) >= 11 is 0. The van der Waals surface area contributed by atoms with Crippen LogP contribution in [-0.4, -0.2) is 29.2 Å². The molecular formula is C8H11NO2. The lowest BCUT2D eigenvalue weighted by molar-refractivity contribution is 0.128. The van der Waals surface area contributed by atoms with Crippen molar-refractivity contribution in [2.75, 3.05) is 13.1 Å². The van der Waals surface area contributed by atoms with E-state index in [-0.39, 0.29) is 5.92 Å². The summed E-state index contributed by atoms with van der Waals surface area (Å²) in [5, 5.41) is 8.61. The van der Waals surface area contributed by atoms with Gasteiger partial charge in [0.1, 0.15) is 0 Å². The number of terminal acetylenes is 1. The first-order chi connectivity index (χ1) is 5.24. The van der Waals surface area contributed by atoms with Gasteiger partial charge in [0.2, 0.25) is 0 Å². The summed E-state index contributed by atoms with van der Waals surface area (Å²) in [5.41, 5.74) is 0. The van der Waals surface area contributed by atoms with E-state index in [0.29, 0.717) is 13.1 Å². The molecule has 1 fully saturated rings. The number of likely N-dealkylation sites (tertiary alicyclic amines) is 1. The first-order valence-electron chi connectivity index (χ1n) is 3.68. The van der Waals surface area contributed by atoms with Crippen LogP contribution in [0.3, 0.4) is 0 Å². The zero-order chi connectivity index (χ0) is 8.27. The van der Waals surface area contributed by atoms with Crippen LogP contribution in [0.2, 0.25) is 0 Å². The third-order valence-corrected chi connectivity index (χ3v) is 1.93. The largest absolute Gasteiger partial charge is 0.465 e. The van der Waals surface area contributed by atoms with E-state index in [1.54, 1.807) is 0 Å². The number of hydrogen-bond donors (Lipinski definition) is 1. The Morgan fingerprint density at radius 2 is 2.45 bits per heavy atom. The van der Waals surface area contributed by atoms with Crippen LogP contribution in [0, 0.1) is 18.3 Å². The Hall–Kier alpha value is -1.17. The third kappa shape index (κ3) is 1.87. The highest BCUT2D eigenvalue weighted by molar-refractivity contribution is 5.65. The molecule has 0 aromatic heterocycles. The van der Waals surface area contributed by atoms with Gasteiger partial charge in [0.05, 0.1) is 0 Å². The number of carboxylic acid groups (broad SMARTS) is 1. The van der Waals surface area contributed by atoms with E-state index >= 15 is 0 Å². The van der Waals surface area contributed by atoms with Crippen LogP contribution < -0.4 is 0 Å². The molecule has 0 radical (unpaired) electrons. The lowest BCUT2D eigenvalue weighted by atomic mass is 10.00. The number of nitrogens with zero attached hydrogens (tertiary/aromatic N) is 1. The lowest BCUT2D eigenvalue weighted by Gasteiger charge is -2.27. The first kappa shape index (κ1) is 7.93. The van der Waals surface area contributed by atoms with E-state index in [0.717, 1.165) is 12.8 Å². The Bertz CT molecular complexity index is 195. The monoisotopic (exact) mass is 153 g/mol. The first-order valence-corrected chi connectivity index (χ1v) is 3.68. The minimum Gasteiger partial charge on any atom is -0.465 e. The molecule has 11 heavy (non-hydrogen) atoms. The van der Waals surface area contributed by atoms with E-state index in [9.17, 15) is 4.79 Å². The Morgan fingerprint density at radius 1 is 1.73 bits per heavy atom. The van der Waals surface area contributed by atoms with Gasteiger partial charge in [-0.1, -0.05) is 0 Å². The second-order valence-electron chi connectivity index (χ2n) is 2.73. The highest BCUT2D eigenvalue weighted by Gasteiger charge is 2.21. The van der Waals surface area contributed by atoms with Crippen molar-refractivity contribution in [2.45, 2.75) is 12.8 Å². The van der Waals surface area contributed by atoms with Gasteiger partial charge in [-0.3, -0.25) is 0 Å². The molecule has 1 aliphatic heterocycles. The highest BCUT2D eigenvalue weighted by Crippen LogP contribution is 2.14. The summed E-state index contributed by atoms with van der Waals surface area (Å²) in [6, 6.07) is 0. The van der Waals surface area contributed by atoms with Crippen molar-refractivity contribution in [3.8, 4) is 12.3 Å². The molecule has 0 bridgehead atoms. The minimum atomic E-state index is -0.857. The second kappa shape index (κ2) is 3.29. The second-order valence-corrected chi connectivity index (χ2v) is 2.73. The summed E-state index contributed by atoms with van der Waals surface area (Å²) in [6.45, 7) is 1.14. The molecule has 1 atom stereocenters. The summed E-state index contributed by atoms with van der Waals surface area (Å²) in [5.74, 6) is 2.71. The number of carbonyl (C=O) groups is 1. The molecule has 0 unspecified atom stereocenters. The Balaban J connectivity index is 2.47. The van der Waals surface area contributed by atoms with Crippen LogP contribution in [0.5, 0.6) is 0 Å². The van der Waals surface area contributed by atoms with Gasteiger partial charge in [-0.05, 0) is 12.8 Å². The lowest BCUT2D eigenvalue weighted by Crippen LogP contribution is -2.38. The molecule has 1 heterocycles. The van der Waals surface area contributed by atoms with Crippen LogP contribution >= 0.6 is 0 Å². The van der Waals surface area contributed by atoms with Gasteiger partial charge >= 0.3 is 6.09 Å². The van der Waals surface area contributed by atoms with Crippen molar-refractivity contribution in [1.29, 1.82) is 0 Å². The van der Waals surface area contributed by atoms with Crippen LogP contribution in [0.25, 0.3) is 0 Å². The number of rotatable bonds is 0. The van der Waals surface area contributed by atoms with Gasteiger partial charge in [-0.15, -0.1) is 12.3 Å². The standard InChI is InChI=1S/C8H11NO2/c1-2-7-4-3-5-9(6-7)8(10)11/h1,7H,3-6H2,(H,10,11)/t7-/m1/s1. The molecule has 3 nitrogen and oxygen atoms in total. The van der Waals surface area contributed by atoms with Crippen LogP contribution in [0.15, 0.2) is 0 Å². The summed E-state index contributed by atoms with van der Waals surface area (Å²) in [4.78, 5) is 11.9. The maximum atomic E-state index is 10.5. The Kier molecular flexibility index (Phi) is 2.37. The molecule has 0 spiro atoms. The average molecular weight is 153 g/mol. The molecule has 1 saturated heterocycles. The summed E-state index contributed by atoms with van der Waals surface area (Å²) in [7, 11) is 0. The Labute approximate surface area is 66.0 Å². The van der Waals surface area contributed by atoms with E-state index in [4.69, 9.17) is 11.5 Å². The number of amides is 1. The van der Waals surface area contributed by atoms with E-state index in [2.05, 4.69) is 5.92 Å². The SMILES string of the molecule is C#C[C@@H]1CCCN(C(=O)O)C1. The zero-order valence-electron chi connectivity index (χ0n) is 6.29. The molecule has 3 heteroatoms. The molecule has 1 N–H and O–H groups in total. The number of hydrogen-bond acceptors (Lipinski definition) is 1. The van der Waals surface area contributed by atoms with Crippen LogP contribution in [0.1, 0.15) is 12.8 Å². The van der Waals surface area contributed by atoms with Gasteiger partial charge in [0.15, 0.2) is 0 Å². The molecule has 60 valence electrons. The molecular weight excluding hydrogens is 142 g/mol. The molecule has 1 aliphatic rings. The van der Waals surface area contributed by atoms with Crippen LogP contribution in [-0.2, 0) is 0 Å². The van der Waals surface area contributed by atoms with Crippen LogP contribution in [0.4, 0.5) is 4.79 Å². The van der Waals surface area contributed by atoms with Gasteiger partial charge in [-0.25, -0.2) is 4.79 Å². The topological polar surface area (TPSA) is 40.5 Å². The van der Waals surface area contributed by atoms with Gasteiger partial charge in [0, 0.05) is 19.0 Å². The fraction of sp³-hybridized carbons (Fsp3) is 0.625. The van der Waals surface area contributed by atoms with Crippen molar-refractivity contribution in [2.24, 2.45) is 5.92 Å². The fourth-order valence-corrected chi connectivity index (χ4v) is 1.29. The molecule has 0 saturated carbocycles. The quantitative estimate of drug-likeness (QED) is 0.527. The fourth-order valence-electron chi connectivity index (χ4n) is 1.29. The smallest absolute Gasteiger partial charge is 0.407 e. The summed E-state index contributed by atoms with van der Waals surface area (Å²) in [6.07, 6.45) is 6.19. The van der Waals surface area contributed by atoms with Crippen molar-refractivity contribution < 1.29 is 9.90 Å². The Morgan fingerprint density at radius 3 is 3.00 bits per heavy atom. The highest BCUT2D eigenvalue weighted by atomic mass is 16.4. The normalized spacial score (nSPS) is 24.3. The minimum absolute atomic E-state index is 0.125. The molecule has 0 aromatic rings. The van der Waals surface area contributed by atoms with E-state index in [1.807, 2.05) is 0 Å². The van der Waals surface area contributed by atoms with Crippen molar-refractivity contribution >= 4 is 6.09 Å². The van der Waals surface area contributed by atoms with Gasteiger partial charge in [0.25, 0.3) is 0 Å². The molecule has 0 aliphatic carbocycles.